The van der Waals surface area contributed by atoms with E-state index in [-0.39, 0.29) is 10.5 Å². The second-order valence-corrected chi connectivity index (χ2v) is 11.0. The van der Waals surface area contributed by atoms with Crippen LogP contribution in [0.5, 0.6) is 0 Å². The van der Waals surface area contributed by atoms with E-state index in [2.05, 4.69) is 14.5 Å². The third-order valence-electron chi connectivity index (χ3n) is 6.71. The third kappa shape index (κ3) is 5.50. The highest BCUT2D eigenvalue weighted by atomic mass is 32.2. The van der Waals surface area contributed by atoms with Gasteiger partial charge in [0, 0.05) is 19.1 Å². The van der Waals surface area contributed by atoms with E-state index in [1.165, 1.54) is 38.4 Å². The Kier molecular flexibility index (Phi) is 6.95. The molecule has 2 N–H and O–H groups in total. The summed E-state index contributed by atoms with van der Waals surface area (Å²) in [4.78, 5) is 16.5. The van der Waals surface area contributed by atoms with Gasteiger partial charge in [-0.05, 0) is 94.1 Å². The summed E-state index contributed by atoms with van der Waals surface area (Å²) in [5, 5.41) is 9.48. The van der Waals surface area contributed by atoms with E-state index in [0.29, 0.717) is 11.7 Å². The Morgan fingerprint density at radius 2 is 1.58 bits per heavy atom. The first-order chi connectivity index (χ1) is 15.7. The number of rotatable bonds is 6. The van der Waals surface area contributed by atoms with Crippen molar-refractivity contribution in [3.63, 3.8) is 0 Å². The molecule has 2 aromatic carbocycles. The maximum absolute atomic E-state index is 13.2. The topological polar surface area (TPSA) is 89.9 Å². The normalized spacial score (nSPS) is 18.3. The zero-order valence-corrected chi connectivity index (χ0v) is 20.2. The molecule has 0 atom stereocenters. The van der Waals surface area contributed by atoms with Gasteiger partial charge in [-0.25, -0.2) is 13.2 Å². The van der Waals surface area contributed by atoms with Crippen molar-refractivity contribution < 1.29 is 18.3 Å². The highest BCUT2D eigenvalue weighted by Gasteiger charge is 2.28. The molecule has 0 unspecified atom stereocenters. The quantitative estimate of drug-likeness (QED) is 0.654. The summed E-state index contributed by atoms with van der Waals surface area (Å²) in [6.07, 6.45) is 5.88. The predicted molar refractivity (Wildman–Crippen MR) is 131 cm³/mol. The summed E-state index contributed by atoms with van der Waals surface area (Å²) < 4.78 is 29.1. The smallest absolute Gasteiger partial charge is 0.335 e. The molecule has 2 aliphatic heterocycles. The van der Waals surface area contributed by atoms with Crippen molar-refractivity contribution >= 4 is 27.4 Å². The maximum Gasteiger partial charge on any atom is 0.335 e. The number of sulfonamides is 1. The lowest BCUT2D eigenvalue weighted by Crippen LogP contribution is -2.46. The fraction of sp³-hybridized carbons (Fsp3) is 0.480. The number of aromatic carboxylic acids is 1. The Morgan fingerprint density at radius 1 is 0.939 bits per heavy atom. The number of carboxylic acid groups (broad SMARTS) is 1. The summed E-state index contributed by atoms with van der Waals surface area (Å²) in [5.74, 6) is -1.09. The van der Waals surface area contributed by atoms with Crippen molar-refractivity contribution in [1.29, 1.82) is 0 Å². The molecule has 2 fully saturated rings. The van der Waals surface area contributed by atoms with Crippen LogP contribution in [0.15, 0.2) is 41.3 Å². The van der Waals surface area contributed by atoms with Gasteiger partial charge in [-0.15, -0.1) is 0 Å². The summed E-state index contributed by atoms with van der Waals surface area (Å²) >= 11 is 0. The SMILES string of the molecule is Cc1cc(C)cc(S(=O)(=O)Nc2cc(C(=O)O)ccc2N2CCC(N3CCCCC3)CC2)c1. The maximum atomic E-state index is 13.2. The van der Waals surface area contributed by atoms with Gasteiger partial charge in [0.25, 0.3) is 10.0 Å². The van der Waals surface area contributed by atoms with Gasteiger partial charge in [-0.2, -0.15) is 0 Å². The van der Waals surface area contributed by atoms with Gasteiger partial charge in [0.05, 0.1) is 21.8 Å². The van der Waals surface area contributed by atoms with Crippen LogP contribution in [-0.4, -0.2) is 56.6 Å². The van der Waals surface area contributed by atoms with Crippen LogP contribution in [0.1, 0.15) is 53.6 Å². The van der Waals surface area contributed by atoms with Crippen LogP contribution in [0.3, 0.4) is 0 Å². The van der Waals surface area contributed by atoms with Gasteiger partial charge >= 0.3 is 5.97 Å². The van der Waals surface area contributed by atoms with E-state index in [1.54, 1.807) is 24.3 Å². The van der Waals surface area contributed by atoms with Crippen molar-refractivity contribution in [3.05, 3.63) is 53.1 Å². The molecule has 0 bridgehead atoms. The number of hydrogen-bond donors (Lipinski definition) is 2. The van der Waals surface area contributed by atoms with Crippen molar-refractivity contribution in [2.24, 2.45) is 0 Å². The van der Waals surface area contributed by atoms with E-state index in [4.69, 9.17) is 0 Å². The van der Waals surface area contributed by atoms with E-state index in [1.807, 2.05) is 19.9 Å². The molecule has 7 nitrogen and oxygen atoms in total. The highest BCUT2D eigenvalue weighted by molar-refractivity contribution is 7.92. The van der Waals surface area contributed by atoms with Crippen LogP contribution >= 0.6 is 0 Å². The summed E-state index contributed by atoms with van der Waals surface area (Å²) in [7, 11) is -3.87. The third-order valence-corrected chi connectivity index (χ3v) is 8.05. The van der Waals surface area contributed by atoms with E-state index in [9.17, 15) is 18.3 Å². The van der Waals surface area contributed by atoms with E-state index < -0.39 is 16.0 Å². The molecule has 2 aliphatic rings. The van der Waals surface area contributed by atoms with Crippen LogP contribution in [0, 0.1) is 13.8 Å². The second kappa shape index (κ2) is 9.73. The van der Waals surface area contributed by atoms with Crippen LogP contribution < -0.4 is 9.62 Å². The van der Waals surface area contributed by atoms with Gasteiger partial charge in [0.2, 0.25) is 0 Å². The Labute approximate surface area is 196 Å². The minimum absolute atomic E-state index is 0.0556. The molecule has 0 aromatic heterocycles. The first-order valence-corrected chi connectivity index (χ1v) is 13.2. The highest BCUT2D eigenvalue weighted by Crippen LogP contribution is 2.33. The van der Waals surface area contributed by atoms with Crippen LogP contribution in [0.25, 0.3) is 0 Å². The number of piperidine rings is 2. The molecule has 0 amide bonds. The van der Waals surface area contributed by atoms with Crippen molar-refractivity contribution in [3.8, 4) is 0 Å². The number of anilines is 2. The molecule has 0 spiro atoms. The van der Waals surface area contributed by atoms with Gasteiger partial charge in [-0.3, -0.25) is 4.72 Å². The molecule has 2 saturated heterocycles. The Morgan fingerprint density at radius 3 is 2.18 bits per heavy atom. The lowest BCUT2D eigenvalue weighted by atomic mass is 9.99. The molecule has 4 rings (SSSR count). The van der Waals surface area contributed by atoms with E-state index >= 15 is 0 Å². The summed E-state index contributed by atoms with van der Waals surface area (Å²) in [5.41, 5.74) is 2.81. The van der Waals surface area contributed by atoms with Crippen LogP contribution in [0.4, 0.5) is 11.4 Å². The number of aryl methyl sites for hydroxylation is 2. The van der Waals surface area contributed by atoms with Crippen LogP contribution in [-0.2, 0) is 10.0 Å². The minimum atomic E-state index is -3.87. The monoisotopic (exact) mass is 471 g/mol. The molecular formula is C25H33N3O4S. The van der Waals surface area contributed by atoms with Gasteiger partial charge in [0.15, 0.2) is 0 Å². The lowest BCUT2D eigenvalue weighted by Gasteiger charge is -2.41. The standard InChI is InChI=1S/C25H33N3O4S/c1-18-14-19(2)16-22(15-18)33(31,32)26-23-17-20(25(29)30)6-7-24(23)28-12-8-21(9-13-28)27-10-4-3-5-11-27/h6-7,14-17,21,26H,3-5,8-13H2,1-2H3,(H,29,30). The van der Waals surface area contributed by atoms with Crippen molar-refractivity contribution in [2.45, 2.75) is 56.9 Å². The fourth-order valence-corrected chi connectivity index (χ4v) is 6.33. The summed E-state index contributed by atoms with van der Waals surface area (Å²) in [6, 6.07) is 10.4. The molecule has 0 radical (unpaired) electrons. The Hall–Kier alpha value is -2.58. The number of nitrogens with one attached hydrogen (secondary N) is 1. The number of benzene rings is 2. The molecule has 2 aromatic rings. The average Bonchev–Trinajstić information content (AvgIpc) is 2.79. The zero-order chi connectivity index (χ0) is 23.6. The minimum Gasteiger partial charge on any atom is -0.478 e. The van der Waals surface area contributed by atoms with Gasteiger partial charge in [-0.1, -0.05) is 12.5 Å². The number of carboxylic acids is 1. The predicted octanol–water partition coefficient (Wildman–Crippen LogP) is 4.26. The largest absolute Gasteiger partial charge is 0.478 e. The van der Waals surface area contributed by atoms with E-state index in [0.717, 1.165) is 42.7 Å². The lowest BCUT2D eigenvalue weighted by molar-refractivity contribution is 0.0697. The molecule has 8 heteroatoms. The molecule has 0 aliphatic carbocycles. The second-order valence-electron chi connectivity index (χ2n) is 9.28. The fourth-order valence-electron chi connectivity index (χ4n) is 5.07. The van der Waals surface area contributed by atoms with Gasteiger partial charge < -0.3 is 14.9 Å². The summed E-state index contributed by atoms with van der Waals surface area (Å²) in [6.45, 7) is 7.67. The van der Waals surface area contributed by atoms with Crippen molar-refractivity contribution in [2.75, 3.05) is 35.8 Å². The zero-order valence-electron chi connectivity index (χ0n) is 19.4. The molecule has 178 valence electrons. The van der Waals surface area contributed by atoms with Gasteiger partial charge in [0.1, 0.15) is 0 Å². The molecule has 33 heavy (non-hydrogen) atoms. The number of likely N-dealkylation sites (tertiary alicyclic amines) is 1. The number of carbonyl (C=O) groups is 1. The van der Waals surface area contributed by atoms with Crippen molar-refractivity contribution in [1.82, 2.24) is 4.90 Å². The molecule has 0 saturated carbocycles. The number of nitrogens with zero attached hydrogens (tertiary/aromatic N) is 2. The average molecular weight is 472 g/mol. The first kappa shape index (κ1) is 23.6. The Bertz CT molecular complexity index is 1100. The Balaban J connectivity index is 1.58. The number of hydrogen-bond acceptors (Lipinski definition) is 5. The molecule has 2 heterocycles. The molecular weight excluding hydrogens is 438 g/mol. The first-order valence-electron chi connectivity index (χ1n) is 11.7. The van der Waals surface area contributed by atoms with Crippen LogP contribution in [0.2, 0.25) is 0 Å².